The number of hydrogen-bond acceptors (Lipinski definition) is 3. The number of nitrogens with zero attached hydrogens (tertiary/aromatic N) is 2. The van der Waals surface area contributed by atoms with Crippen LogP contribution in [0.25, 0.3) is 0 Å². The van der Waals surface area contributed by atoms with Gasteiger partial charge in [-0.05, 0) is 58.2 Å². The molecule has 0 bridgehead atoms. The fraction of sp³-hybridized carbons (Fsp3) is 1.00. The third-order valence-corrected chi connectivity index (χ3v) is 6.77. The van der Waals surface area contributed by atoms with E-state index < -0.39 is 10.1 Å². The van der Waals surface area contributed by atoms with Gasteiger partial charge in [0.25, 0.3) is 10.1 Å². The SMILES string of the molecule is CCCC[N+](CCCC)(CCCC)CCCC.CCN(CC)CCCCS(=O)(=O)O. The van der Waals surface area contributed by atoms with E-state index >= 15 is 0 Å². The lowest BCUT2D eigenvalue weighted by atomic mass is 10.1. The van der Waals surface area contributed by atoms with Gasteiger partial charge in [-0.1, -0.05) is 67.2 Å². The van der Waals surface area contributed by atoms with Crippen LogP contribution in [0.15, 0.2) is 0 Å². The summed E-state index contributed by atoms with van der Waals surface area (Å²) in [6.07, 6.45) is 12.4. The Balaban J connectivity index is 0. The van der Waals surface area contributed by atoms with Crippen LogP contribution in [0.2, 0.25) is 0 Å². The van der Waals surface area contributed by atoms with Crippen LogP contribution in [0.5, 0.6) is 0 Å². The maximum absolute atomic E-state index is 10.4. The molecule has 5 nitrogen and oxygen atoms in total. The summed E-state index contributed by atoms with van der Waals surface area (Å²) < 4.78 is 30.6. The van der Waals surface area contributed by atoms with Crippen LogP contribution >= 0.6 is 0 Å². The van der Waals surface area contributed by atoms with Crippen LogP contribution in [-0.4, -0.2) is 73.9 Å². The summed E-state index contributed by atoms with van der Waals surface area (Å²) in [5.41, 5.74) is 0. The number of hydrogen-bond donors (Lipinski definition) is 1. The smallest absolute Gasteiger partial charge is 0.264 e. The zero-order valence-corrected chi connectivity index (χ0v) is 22.1. The Morgan fingerprint density at radius 2 is 1.00 bits per heavy atom. The van der Waals surface area contributed by atoms with Gasteiger partial charge in [0, 0.05) is 0 Å². The van der Waals surface area contributed by atoms with Crippen molar-refractivity contribution in [3.05, 3.63) is 0 Å². The predicted octanol–water partition coefficient (Wildman–Crippen LogP) is 6.00. The van der Waals surface area contributed by atoms with Gasteiger partial charge < -0.3 is 9.38 Å². The molecule has 0 aliphatic rings. The lowest BCUT2D eigenvalue weighted by Crippen LogP contribution is -2.50. The molecule has 184 valence electrons. The molecule has 0 unspecified atom stereocenters. The van der Waals surface area contributed by atoms with Gasteiger partial charge in [-0.15, -0.1) is 0 Å². The Kier molecular flexibility index (Phi) is 22.1. The van der Waals surface area contributed by atoms with Crippen molar-refractivity contribution in [3.63, 3.8) is 0 Å². The van der Waals surface area contributed by atoms with Gasteiger partial charge in [0.1, 0.15) is 0 Å². The second-order valence-corrected chi connectivity index (χ2v) is 10.2. The van der Waals surface area contributed by atoms with Gasteiger partial charge in [-0.25, -0.2) is 0 Å². The molecule has 0 saturated carbocycles. The number of quaternary nitrogens is 1. The van der Waals surface area contributed by atoms with E-state index in [1.165, 1.54) is 82.0 Å². The zero-order chi connectivity index (χ0) is 23.3. The van der Waals surface area contributed by atoms with Crippen LogP contribution in [0.1, 0.15) is 106 Å². The van der Waals surface area contributed by atoms with Crippen molar-refractivity contribution in [2.75, 3.05) is 51.6 Å². The van der Waals surface area contributed by atoms with E-state index in [0.717, 1.165) is 26.1 Å². The van der Waals surface area contributed by atoms with Gasteiger partial charge >= 0.3 is 0 Å². The third kappa shape index (κ3) is 19.8. The van der Waals surface area contributed by atoms with E-state index in [0.29, 0.717) is 6.42 Å². The maximum atomic E-state index is 10.4. The minimum Gasteiger partial charge on any atom is -0.324 e. The summed E-state index contributed by atoms with van der Waals surface area (Å²) in [6, 6.07) is 0. The molecule has 6 heteroatoms. The molecule has 0 saturated heterocycles. The summed E-state index contributed by atoms with van der Waals surface area (Å²) in [5.74, 6) is -0.117. The van der Waals surface area contributed by atoms with E-state index in [-0.39, 0.29) is 5.75 Å². The molecule has 0 radical (unpaired) electrons. The minimum absolute atomic E-state index is 0.117. The van der Waals surface area contributed by atoms with Crippen molar-refractivity contribution in [2.24, 2.45) is 0 Å². The van der Waals surface area contributed by atoms with Gasteiger partial charge in [0.15, 0.2) is 0 Å². The molecular formula is C24H55N2O3S+. The van der Waals surface area contributed by atoms with Crippen molar-refractivity contribution in [2.45, 2.75) is 106 Å². The largest absolute Gasteiger partial charge is 0.324 e. The van der Waals surface area contributed by atoms with E-state index in [1.54, 1.807) is 0 Å². The standard InChI is InChI=1S/C16H36N.C8H19NO3S/c1-5-9-13-17(14-10-6-2,15-11-7-3)16-12-8-4;1-3-9(4-2)7-5-6-8-13(10,11)12/h5-16H2,1-4H3;3-8H2,1-2H3,(H,10,11,12)/q+1;. The molecule has 0 aromatic rings. The number of rotatable bonds is 19. The average Bonchev–Trinajstić information content (AvgIpc) is 2.72. The highest BCUT2D eigenvalue weighted by Crippen LogP contribution is 2.16. The number of unbranched alkanes of at least 4 members (excludes halogenated alkanes) is 5. The van der Waals surface area contributed by atoms with Crippen LogP contribution in [0, 0.1) is 0 Å². The minimum atomic E-state index is -3.75. The summed E-state index contributed by atoms with van der Waals surface area (Å²) in [7, 11) is -3.75. The summed E-state index contributed by atoms with van der Waals surface area (Å²) >= 11 is 0. The highest BCUT2D eigenvalue weighted by atomic mass is 32.2. The van der Waals surface area contributed by atoms with Gasteiger partial charge in [-0.3, -0.25) is 4.55 Å². The van der Waals surface area contributed by atoms with Crippen molar-refractivity contribution in [1.82, 2.24) is 4.90 Å². The van der Waals surface area contributed by atoms with Crippen molar-refractivity contribution >= 4 is 10.1 Å². The molecule has 0 aliphatic carbocycles. The molecule has 0 aliphatic heterocycles. The van der Waals surface area contributed by atoms with Crippen molar-refractivity contribution in [3.8, 4) is 0 Å². The van der Waals surface area contributed by atoms with Crippen LogP contribution in [0.4, 0.5) is 0 Å². The first-order chi connectivity index (χ1) is 14.2. The Bertz CT molecular complexity index is 414. The summed E-state index contributed by atoms with van der Waals surface area (Å²) in [6.45, 7) is 22.1. The highest BCUT2D eigenvalue weighted by Gasteiger charge is 2.24. The maximum Gasteiger partial charge on any atom is 0.264 e. The monoisotopic (exact) mass is 451 g/mol. The topological polar surface area (TPSA) is 57.6 Å². The molecule has 0 spiro atoms. The lowest BCUT2D eigenvalue weighted by Gasteiger charge is -2.39. The van der Waals surface area contributed by atoms with Gasteiger partial charge in [0.2, 0.25) is 0 Å². The van der Waals surface area contributed by atoms with Crippen LogP contribution in [-0.2, 0) is 10.1 Å². The molecule has 0 aromatic heterocycles. The quantitative estimate of drug-likeness (QED) is 0.149. The van der Waals surface area contributed by atoms with Gasteiger partial charge in [0.05, 0.1) is 31.9 Å². The predicted molar refractivity (Wildman–Crippen MR) is 133 cm³/mol. The van der Waals surface area contributed by atoms with Crippen LogP contribution < -0.4 is 0 Å². The van der Waals surface area contributed by atoms with E-state index in [4.69, 9.17) is 4.55 Å². The van der Waals surface area contributed by atoms with E-state index in [9.17, 15) is 8.42 Å². The molecule has 1 N–H and O–H groups in total. The molecule has 30 heavy (non-hydrogen) atoms. The Morgan fingerprint density at radius 1 is 0.633 bits per heavy atom. The molecule has 0 aromatic carbocycles. The fourth-order valence-electron chi connectivity index (χ4n) is 3.80. The first-order valence-electron chi connectivity index (χ1n) is 12.8. The second kappa shape index (κ2) is 20.7. The van der Waals surface area contributed by atoms with Crippen molar-refractivity contribution < 1.29 is 17.5 Å². The zero-order valence-electron chi connectivity index (χ0n) is 21.3. The highest BCUT2D eigenvalue weighted by molar-refractivity contribution is 7.85. The molecule has 0 rings (SSSR count). The first-order valence-corrected chi connectivity index (χ1v) is 14.4. The Hall–Kier alpha value is -0.170. The molecule has 0 heterocycles. The summed E-state index contributed by atoms with van der Waals surface area (Å²) in [5, 5.41) is 0. The van der Waals surface area contributed by atoms with E-state index in [2.05, 4.69) is 46.4 Å². The Morgan fingerprint density at radius 3 is 1.27 bits per heavy atom. The van der Waals surface area contributed by atoms with Gasteiger partial charge in [-0.2, -0.15) is 8.42 Å². The lowest BCUT2D eigenvalue weighted by molar-refractivity contribution is -0.929. The Labute approximate surface area is 189 Å². The third-order valence-electron chi connectivity index (χ3n) is 5.97. The first kappa shape index (κ1) is 32.0. The average molecular weight is 452 g/mol. The van der Waals surface area contributed by atoms with Crippen molar-refractivity contribution in [1.29, 1.82) is 0 Å². The fourth-order valence-corrected chi connectivity index (χ4v) is 4.37. The second-order valence-electron chi connectivity index (χ2n) is 8.67. The normalized spacial score (nSPS) is 12.1. The molecule has 0 amide bonds. The molecular weight excluding hydrogens is 396 g/mol. The molecule has 0 fully saturated rings. The van der Waals surface area contributed by atoms with E-state index in [1.807, 2.05) is 0 Å². The molecule has 0 atom stereocenters. The summed E-state index contributed by atoms with van der Waals surface area (Å²) in [4.78, 5) is 2.23. The van der Waals surface area contributed by atoms with Crippen LogP contribution in [0.3, 0.4) is 0 Å².